The molecule has 2 aromatic carbocycles. The minimum atomic E-state index is -1.27. The van der Waals surface area contributed by atoms with E-state index in [-0.39, 0.29) is 5.69 Å². The highest BCUT2D eigenvalue weighted by molar-refractivity contribution is 5.95. The normalized spacial score (nSPS) is 13.9. The van der Waals surface area contributed by atoms with E-state index >= 15 is 0 Å². The number of methoxy groups -OCH3 is 2. The van der Waals surface area contributed by atoms with E-state index in [1.54, 1.807) is 26.5 Å². The third-order valence-corrected chi connectivity index (χ3v) is 5.79. The quantitative estimate of drug-likeness (QED) is 0.549. The SMILES string of the molecule is COc1cc(N(C)C)ccc1C1(c2ccc(N(C)C)cc2OC)OC(=O)c2ncccc21. The number of esters is 1. The first-order valence-electron chi connectivity index (χ1n) is 10.2. The molecular formula is C25H27N3O4. The van der Waals surface area contributed by atoms with E-state index < -0.39 is 11.6 Å². The molecule has 0 atom stereocenters. The summed E-state index contributed by atoms with van der Waals surface area (Å²) in [5, 5.41) is 0. The molecule has 32 heavy (non-hydrogen) atoms. The molecule has 0 bridgehead atoms. The van der Waals surface area contributed by atoms with Gasteiger partial charge in [0.25, 0.3) is 0 Å². The molecule has 0 fully saturated rings. The number of ether oxygens (including phenoxy) is 3. The topological polar surface area (TPSA) is 64.1 Å². The second-order valence-corrected chi connectivity index (χ2v) is 8.03. The summed E-state index contributed by atoms with van der Waals surface area (Å²) in [7, 11) is 11.1. The third-order valence-electron chi connectivity index (χ3n) is 5.79. The summed E-state index contributed by atoms with van der Waals surface area (Å²) in [4.78, 5) is 21.3. The molecule has 7 nitrogen and oxygen atoms in total. The second-order valence-electron chi connectivity index (χ2n) is 8.03. The van der Waals surface area contributed by atoms with Crippen molar-refractivity contribution >= 4 is 17.3 Å². The molecule has 1 aliphatic rings. The van der Waals surface area contributed by atoms with Crippen LogP contribution in [-0.2, 0) is 10.3 Å². The number of carbonyl (C=O) groups excluding carboxylic acids is 1. The van der Waals surface area contributed by atoms with E-state index in [4.69, 9.17) is 14.2 Å². The van der Waals surface area contributed by atoms with E-state index in [1.165, 1.54) is 0 Å². The summed E-state index contributed by atoms with van der Waals surface area (Å²) in [6.45, 7) is 0. The molecule has 0 unspecified atom stereocenters. The average molecular weight is 434 g/mol. The van der Waals surface area contributed by atoms with Crippen LogP contribution in [0.4, 0.5) is 11.4 Å². The maximum Gasteiger partial charge on any atom is 0.358 e. The summed E-state index contributed by atoms with van der Waals surface area (Å²) in [5.74, 6) is 0.706. The molecule has 2 heterocycles. The molecule has 0 saturated carbocycles. The van der Waals surface area contributed by atoms with Crippen LogP contribution in [0.25, 0.3) is 0 Å². The van der Waals surface area contributed by atoms with Gasteiger partial charge in [0.2, 0.25) is 0 Å². The lowest BCUT2D eigenvalue weighted by molar-refractivity contribution is 0.0236. The van der Waals surface area contributed by atoms with Crippen molar-refractivity contribution in [3.8, 4) is 11.5 Å². The molecule has 0 spiro atoms. The summed E-state index contributed by atoms with van der Waals surface area (Å²) < 4.78 is 17.8. The fourth-order valence-corrected chi connectivity index (χ4v) is 4.14. The Bertz CT molecular complexity index is 1110. The summed E-state index contributed by atoms with van der Waals surface area (Å²) >= 11 is 0. The number of pyridine rings is 1. The van der Waals surface area contributed by atoms with E-state index in [1.807, 2.05) is 80.5 Å². The van der Waals surface area contributed by atoms with Crippen molar-refractivity contribution in [1.29, 1.82) is 0 Å². The Morgan fingerprint density at radius 1 is 0.812 bits per heavy atom. The number of rotatable bonds is 6. The highest BCUT2D eigenvalue weighted by atomic mass is 16.6. The van der Waals surface area contributed by atoms with Crippen LogP contribution in [0.15, 0.2) is 54.7 Å². The minimum absolute atomic E-state index is 0.282. The van der Waals surface area contributed by atoms with Crippen LogP contribution in [-0.4, -0.2) is 53.4 Å². The molecule has 1 aliphatic heterocycles. The zero-order valence-corrected chi connectivity index (χ0v) is 19.2. The van der Waals surface area contributed by atoms with Crippen molar-refractivity contribution in [2.45, 2.75) is 5.60 Å². The van der Waals surface area contributed by atoms with Gasteiger partial charge in [-0.15, -0.1) is 0 Å². The number of aromatic nitrogens is 1. The lowest BCUT2D eigenvalue weighted by Crippen LogP contribution is -2.31. The van der Waals surface area contributed by atoms with Crippen LogP contribution in [0.3, 0.4) is 0 Å². The molecule has 7 heteroatoms. The van der Waals surface area contributed by atoms with Gasteiger partial charge in [-0.1, -0.05) is 6.07 Å². The van der Waals surface area contributed by atoms with Gasteiger partial charge in [0.15, 0.2) is 11.3 Å². The van der Waals surface area contributed by atoms with E-state index in [2.05, 4.69) is 4.98 Å². The molecular weight excluding hydrogens is 406 g/mol. The molecule has 166 valence electrons. The van der Waals surface area contributed by atoms with Gasteiger partial charge in [-0.25, -0.2) is 9.78 Å². The summed E-state index contributed by atoms with van der Waals surface area (Å²) in [6.07, 6.45) is 1.59. The van der Waals surface area contributed by atoms with Gasteiger partial charge in [0, 0.05) is 74.6 Å². The molecule has 0 N–H and O–H groups in total. The molecule has 0 aliphatic carbocycles. The van der Waals surface area contributed by atoms with E-state index in [9.17, 15) is 4.79 Å². The zero-order chi connectivity index (χ0) is 23.0. The summed E-state index contributed by atoms with van der Waals surface area (Å²) in [6, 6.07) is 15.3. The monoisotopic (exact) mass is 433 g/mol. The van der Waals surface area contributed by atoms with E-state index in [0.29, 0.717) is 28.2 Å². The maximum absolute atomic E-state index is 13.0. The smallest absolute Gasteiger partial charge is 0.358 e. The Kier molecular flexibility index (Phi) is 5.42. The Balaban J connectivity index is 2.08. The Morgan fingerprint density at radius 3 is 1.81 bits per heavy atom. The van der Waals surface area contributed by atoms with Gasteiger partial charge in [-0.05, 0) is 30.3 Å². The molecule has 4 rings (SSSR count). The fourth-order valence-electron chi connectivity index (χ4n) is 4.14. The first kappa shape index (κ1) is 21.5. The van der Waals surface area contributed by atoms with Crippen molar-refractivity contribution in [3.63, 3.8) is 0 Å². The van der Waals surface area contributed by atoms with Gasteiger partial charge in [0.05, 0.1) is 14.2 Å². The number of hydrogen-bond acceptors (Lipinski definition) is 7. The van der Waals surface area contributed by atoms with Crippen LogP contribution >= 0.6 is 0 Å². The highest BCUT2D eigenvalue weighted by Gasteiger charge is 2.52. The molecule has 0 amide bonds. The van der Waals surface area contributed by atoms with Crippen LogP contribution < -0.4 is 19.3 Å². The molecule has 0 saturated heterocycles. The number of carbonyl (C=O) groups is 1. The van der Waals surface area contributed by atoms with Crippen molar-refractivity contribution in [1.82, 2.24) is 4.98 Å². The van der Waals surface area contributed by atoms with Gasteiger partial charge < -0.3 is 24.0 Å². The van der Waals surface area contributed by atoms with Crippen molar-refractivity contribution < 1.29 is 19.0 Å². The average Bonchev–Trinajstić information content (AvgIpc) is 3.11. The summed E-state index contributed by atoms with van der Waals surface area (Å²) in [5.41, 5.74) is 2.98. The highest BCUT2D eigenvalue weighted by Crippen LogP contribution is 2.52. The number of nitrogens with zero attached hydrogens (tertiary/aromatic N) is 3. The maximum atomic E-state index is 13.0. The Labute approximate surface area is 188 Å². The minimum Gasteiger partial charge on any atom is -0.496 e. The predicted molar refractivity (Wildman–Crippen MR) is 124 cm³/mol. The van der Waals surface area contributed by atoms with Crippen molar-refractivity contribution in [3.05, 3.63) is 77.1 Å². The number of hydrogen-bond donors (Lipinski definition) is 0. The first-order chi connectivity index (χ1) is 15.3. The third kappa shape index (κ3) is 3.21. The van der Waals surface area contributed by atoms with Crippen LogP contribution in [0.5, 0.6) is 11.5 Å². The van der Waals surface area contributed by atoms with Crippen LogP contribution in [0.1, 0.15) is 27.2 Å². The number of cyclic esters (lactones) is 1. The lowest BCUT2D eigenvalue weighted by atomic mass is 9.79. The van der Waals surface area contributed by atoms with Gasteiger partial charge >= 0.3 is 5.97 Å². The largest absolute Gasteiger partial charge is 0.496 e. The van der Waals surface area contributed by atoms with Gasteiger partial charge in [-0.2, -0.15) is 0 Å². The standard InChI is InChI=1S/C25H27N3O4/c1-27(2)16-9-11-18(21(14-16)30-5)25(20-8-7-13-26-23(20)24(29)32-25)19-12-10-17(28(3)4)15-22(19)31-6/h7-15H,1-6H3. The van der Waals surface area contributed by atoms with Crippen LogP contribution in [0.2, 0.25) is 0 Å². The van der Waals surface area contributed by atoms with Crippen LogP contribution in [0, 0.1) is 0 Å². The van der Waals surface area contributed by atoms with E-state index in [0.717, 1.165) is 11.4 Å². The second kappa shape index (κ2) is 8.07. The van der Waals surface area contributed by atoms with Gasteiger partial charge in [-0.3, -0.25) is 0 Å². The first-order valence-corrected chi connectivity index (χ1v) is 10.2. The van der Waals surface area contributed by atoms with Gasteiger partial charge in [0.1, 0.15) is 11.5 Å². The number of benzene rings is 2. The fraction of sp³-hybridized carbons (Fsp3) is 0.280. The zero-order valence-electron chi connectivity index (χ0n) is 19.2. The lowest BCUT2D eigenvalue weighted by Gasteiger charge is -2.33. The Hall–Kier alpha value is -3.74. The number of anilines is 2. The van der Waals surface area contributed by atoms with Crippen molar-refractivity contribution in [2.75, 3.05) is 52.2 Å². The molecule has 0 radical (unpaired) electrons. The Morgan fingerprint density at radius 2 is 1.34 bits per heavy atom. The number of fused-ring (bicyclic) bond motifs is 1. The molecule has 1 aromatic heterocycles. The molecule has 3 aromatic rings. The predicted octanol–water partition coefficient (Wildman–Crippen LogP) is 3.69. The van der Waals surface area contributed by atoms with Crippen molar-refractivity contribution in [2.24, 2.45) is 0 Å².